The third-order valence-corrected chi connectivity index (χ3v) is 5.94. The minimum Gasteiger partial charge on any atom is -0.338 e. The minimum absolute atomic E-state index is 0.263. The lowest BCUT2D eigenvalue weighted by Crippen LogP contribution is -2.10. The van der Waals surface area contributed by atoms with Gasteiger partial charge < -0.3 is 9.88 Å². The number of nitrogens with one attached hydrogen (secondary N) is 2. The van der Waals surface area contributed by atoms with Gasteiger partial charge >= 0.3 is 0 Å². The van der Waals surface area contributed by atoms with Crippen molar-refractivity contribution in [3.63, 3.8) is 0 Å². The minimum atomic E-state index is -0.263. The van der Waals surface area contributed by atoms with Crippen LogP contribution in [0.2, 0.25) is 0 Å². The van der Waals surface area contributed by atoms with Gasteiger partial charge in [0.25, 0.3) is 0 Å². The fourth-order valence-electron chi connectivity index (χ4n) is 4.36. The SMILES string of the molecule is CN(C)Cc1cncc(-c2ccc3[nH]nc(-c4cc5c(-c6ccc(F)cc6)ccnc5[nH]4)c3n2)c1. The number of H-pyrrole nitrogens is 2. The molecule has 0 spiro atoms. The Hall–Kier alpha value is -4.43. The Bertz CT molecular complexity index is 1670. The molecule has 5 aromatic heterocycles. The van der Waals surface area contributed by atoms with Crippen molar-refractivity contribution < 1.29 is 4.39 Å². The van der Waals surface area contributed by atoms with Gasteiger partial charge in [0.2, 0.25) is 0 Å². The number of hydrogen-bond acceptors (Lipinski definition) is 5. The van der Waals surface area contributed by atoms with Crippen molar-refractivity contribution in [1.29, 1.82) is 0 Å². The van der Waals surface area contributed by atoms with Gasteiger partial charge in [0, 0.05) is 36.1 Å². The summed E-state index contributed by atoms with van der Waals surface area (Å²) in [5, 5.41) is 8.56. The molecular formula is C27H22FN7. The number of nitrogens with zero attached hydrogens (tertiary/aromatic N) is 5. The highest BCUT2D eigenvalue weighted by Gasteiger charge is 2.16. The lowest BCUT2D eigenvalue weighted by atomic mass is 10.0. The summed E-state index contributed by atoms with van der Waals surface area (Å²) >= 11 is 0. The summed E-state index contributed by atoms with van der Waals surface area (Å²) in [5.74, 6) is -0.263. The summed E-state index contributed by atoms with van der Waals surface area (Å²) in [6, 6.07) is 16.5. The molecule has 1 aromatic carbocycles. The Morgan fingerprint density at radius 1 is 0.943 bits per heavy atom. The standard InChI is InChI=1S/C27H22FN7/c1-35(2)15-16-11-18(14-29-13-16)22-7-8-23-25(31-22)26(34-33-23)24-12-21-20(9-10-30-27(21)32-24)17-3-5-19(28)6-4-17/h3-14H,15H2,1-2H3,(H,30,32)(H,33,34). The van der Waals surface area contributed by atoms with E-state index in [9.17, 15) is 4.39 Å². The number of halogens is 1. The number of rotatable bonds is 5. The number of pyridine rings is 3. The van der Waals surface area contributed by atoms with Crippen molar-refractivity contribution in [2.75, 3.05) is 14.1 Å². The second kappa shape index (κ2) is 8.41. The van der Waals surface area contributed by atoms with Crippen molar-refractivity contribution >= 4 is 22.1 Å². The molecule has 0 fully saturated rings. The average Bonchev–Trinajstić information content (AvgIpc) is 3.48. The van der Waals surface area contributed by atoms with Gasteiger partial charge in [-0.2, -0.15) is 5.10 Å². The number of fused-ring (bicyclic) bond motifs is 2. The molecule has 0 unspecified atom stereocenters. The molecule has 0 atom stereocenters. The largest absolute Gasteiger partial charge is 0.338 e. The first-order chi connectivity index (χ1) is 17.0. The topological polar surface area (TPSA) is 86.4 Å². The first-order valence-electron chi connectivity index (χ1n) is 11.2. The van der Waals surface area contributed by atoms with E-state index in [1.54, 1.807) is 18.3 Å². The van der Waals surface area contributed by atoms with E-state index in [1.165, 1.54) is 12.1 Å². The second-order valence-corrected chi connectivity index (χ2v) is 8.80. The number of hydrogen-bond donors (Lipinski definition) is 2. The van der Waals surface area contributed by atoms with E-state index in [-0.39, 0.29) is 5.82 Å². The molecule has 6 rings (SSSR count). The molecule has 0 amide bonds. The van der Waals surface area contributed by atoms with Gasteiger partial charge in [0.15, 0.2) is 0 Å². The van der Waals surface area contributed by atoms with Crippen LogP contribution in [0.15, 0.2) is 73.2 Å². The summed E-state index contributed by atoms with van der Waals surface area (Å²) in [5.41, 5.74) is 8.63. The Kier molecular flexibility index (Phi) is 5.08. The Balaban J connectivity index is 1.44. The fourth-order valence-corrected chi connectivity index (χ4v) is 4.36. The lowest BCUT2D eigenvalue weighted by molar-refractivity contribution is 0.402. The van der Waals surface area contributed by atoms with E-state index in [2.05, 4.69) is 36.1 Å². The maximum atomic E-state index is 13.4. The number of aromatic amines is 2. The van der Waals surface area contributed by atoms with E-state index in [0.717, 1.165) is 62.3 Å². The van der Waals surface area contributed by atoms with Crippen LogP contribution in [0.1, 0.15) is 5.56 Å². The third kappa shape index (κ3) is 3.94. The number of aromatic nitrogens is 6. The molecule has 0 aliphatic heterocycles. The van der Waals surface area contributed by atoms with Crippen LogP contribution in [0.5, 0.6) is 0 Å². The van der Waals surface area contributed by atoms with Crippen molar-refractivity contribution in [3.8, 4) is 33.8 Å². The molecule has 2 N–H and O–H groups in total. The Labute approximate surface area is 200 Å². The maximum absolute atomic E-state index is 13.4. The molecule has 5 heterocycles. The van der Waals surface area contributed by atoms with Gasteiger partial charge in [-0.25, -0.2) is 14.4 Å². The zero-order chi connectivity index (χ0) is 23.9. The van der Waals surface area contributed by atoms with Crippen LogP contribution in [0.4, 0.5) is 4.39 Å². The summed E-state index contributed by atoms with van der Waals surface area (Å²) in [6.45, 7) is 0.804. The van der Waals surface area contributed by atoms with Gasteiger partial charge in [0.1, 0.15) is 22.7 Å². The molecule has 6 aromatic rings. The fraction of sp³-hybridized carbons (Fsp3) is 0.111. The van der Waals surface area contributed by atoms with Crippen LogP contribution in [0.25, 0.3) is 55.8 Å². The smallest absolute Gasteiger partial charge is 0.138 e. The highest BCUT2D eigenvalue weighted by Crippen LogP contribution is 2.33. The van der Waals surface area contributed by atoms with Crippen molar-refractivity contribution in [2.24, 2.45) is 0 Å². The molecular weight excluding hydrogens is 441 g/mol. The summed E-state index contributed by atoms with van der Waals surface area (Å²) in [7, 11) is 4.07. The molecule has 35 heavy (non-hydrogen) atoms. The van der Waals surface area contributed by atoms with Crippen LogP contribution in [-0.2, 0) is 6.54 Å². The normalized spacial score (nSPS) is 11.7. The van der Waals surface area contributed by atoms with Gasteiger partial charge in [0.05, 0.1) is 16.9 Å². The van der Waals surface area contributed by atoms with Crippen molar-refractivity contribution in [1.82, 2.24) is 35.0 Å². The summed E-state index contributed by atoms with van der Waals surface area (Å²) < 4.78 is 13.4. The van der Waals surface area contributed by atoms with Crippen LogP contribution in [0.3, 0.4) is 0 Å². The van der Waals surface area contributed by atoms with Crippen LogP contribution < -0.4 is 0 Å². The van der Waals surface area contributed by atoms with Crippen molar-refractivity contribution in [2.45, 2.75) is 6.54 Å². The monoisotopic (exact) mass is 463 g/mol. The van der Waals surface area contributed by atoms with E-state index in [4.69, 9.17) is 4.98 Å². The quantitative estimate of drug-likeness (QED) is 0.356. The van der Waals surface area contributed by atoms with Crippen LogP contribution in [-0.4, -0.2) is 49.1 Å². The second-order valence-electron chi connectivity index (χ2n) is 8.80. The van der Waals surface area contributed by atoms with Crippen LogP contribution >= 0.6 is 0 Å². The molecule has 0 saturated carbocycles. The average molecular weight is 464 g/mol. The summed E-state index contributed by atoms with van der Waals surface area (Å²) in [6.07, 6.45) is 5.45. The molecule has 0 saturated heterocycles. The molecule has 8 heteroatoms. The highest BCUT2D eigenvalue weighted by atomic mass is 19.1. The Morgan fingerprint density at radius 2 is 1.80 bits per heavy atom. The molecule has 0 bridgehead atoms. The van der Waals surface area contributed by atoms with Gasteiger partial charge in [-0.3, -0.25) is 10.1 Å². The summed E-state index contributed by atoms with van der Waals surface area (Å²) in [4.78, 5) is 19.3. The first-order valence-corrected chi connectivity index (χ1v) is 11.2. The predicted octanol–water partition coefficient (Wildman–Crippen LogP) is 5.43. The zero-order valence-electron chi connectivity index (χ0n) is 19.2. The van der Waals surface area contributed by atoms with Gasteiger partial charge in [-0.15, -0.1) is 0 Å². The Morgan fingerprint density at radius 3 is 2.63 bits per heavy atom. The van der Waals surface area contributed by atoms with Gasteiger partial charge in [-0.1, -0.05) is 12.1 Å². The molecule has 0 radical (unpaired) electrons. The molecule has 0 aliphatic carbocycles. The third-order valence-electron chi connectivity index (χ3n) is 5.94. The van der Waals surface area contributed by atoms with E-state index in [1.807, 2.05) is 50.8 Å². The van der Waals surface area contributed by atoms with Crippen molar-refractivity contribution in [3.05, 3.63) is 84.6 Å². The predicted molar refractivity (Wildman–Crippen MR) is 135 cm³/mol. The van der Waals surface area contributed by atoms with E-state index < -0.39 is 0 Å². The van der Waals surface area contributed by atoms with E-state index >= 15 is 0 Å². The highest BCUT2D eigenvalue weighted by molar-refractivity contribution is 5.99. The van der Waals surface area contributed by atoms with Gasteiger partial charge in [-0.05, 0) is 73.3 Å². The number of benzene rings is 1. The zero-order valence-corrected chi connectivity index (χ0v) is 19.2. The van der Waals surface area contributed by atoms with Crippen LogP contribution in [0, 0.1) is 5.82 Å². The molecule has 0 aliphatic rings. The molecule has 172 valence electrons. The van der Waals surface area contributed by atoms with E-state index in [0.29, 0.717) is 5.69 Å². The molecule has 7 nitrogen and oxygen atoms in total. The lowest BCUT2D eigenvalue weighted by Gasteiger charge is -2.10. The maximum Gasteiger partial charge on any atom is 0.138 e. The first kappa shape index (κ1) is 21.1.